The van der Waals surface area contributed by atoms with Crippen molar-refractivity contribution < 1.29 is 22.4 Å². The number of hydrogen-bond donors (Lipinski definition) is 1. The third-order valence-corrected chi connectivity index (χ3v) is 6.39. The number of fused-ring (bicyclic) bond motifs is 4. The van der Waals surface area contributed by atoms with Gasteiger partial charge in [0.1, 0.15) is 22.9 Å². The Morgan fingerprint density at radius 2 is 1.94 bits per heavy atom. The van der Waals surface area contributed by atoms with Gasteiger partial charge in [-0.3, -0.25) is 4.79 Å². The maximum atomic E-state index is 13.8. The number of carbonyl (C=O) groups is 1. The number of aryl methyl sites for hydroxylation is 2. The highest BCUT2D eigenvalue weighted by Gasteiger charge is 2.31. The van der Waals surface area contributed by atoms with Crippen LogP contribution in [-0.2, 0) is 25.7 Å². The molecule has 36 heavy (non-hydrogen) atoms. The average molecular weight is 493 g/mol. The molecule has 1 aliphatic heterocycles. The zero-order valence-corrected chi connectivity index (χ0v) is 18.8. The smallest absolute Gasteiger partial charge is 0.332 e. The molecule has 0 saturated carbocycles. The Morgan fingerprint density at radius 3 is 2.75 bits per heavy atom. The fourth-order valence-corrected chi connectivity index (χ4v) is 4.77. The Hall–Kier alpha value is -4.21. The number of aromatic nitrogens is 4. The van der Waals surface area contributed by atoms with Crippen LogP contribution >= 0.6 is 0 Å². The van der Waals surface area contributed by atoms with Gasteiger partial charge in [-0.2, -0.15) is 13.2 Å². The fraction of sp³-hybridized carbons (Fsp3) is 0.192. The molecule has 1 amide bonds. The predicted octanol–water partition coefficient (Wildman–Crippen LogP) is 5.79. The maximum absolute atomic E-state index is 13.8. The number of anilines is 1. The lowest BCUT2D eigenvalue weighted by Crippen LogP contribution is -2.17. The van der Waals surface area contributed by atoms with E-state index in [1.807, 2.05) is 0 Å². The number of alkyl halides is 3. The Labute approximate surface area is 202 Å². The SMILES string of the molecule is O=C(Nc1cnc2c(c1)nc1n2CCC1)c1cc2cc(C(F)(F)F)ccc2n1Cc1cccc(F)c1. The number of rotatable bonds is 4. The first-order valence-corrected chi connectivity index (χ1v) is 11.4. The zero-order valence-electron chi connectivity index (χ0n) is 18.8. The summed E-state index contributed by atoms with van der Waals surface area (Å²) < 4.78 is 57.3. The van der Waals surface area contributed by atoms with E-state index in [0.29, 0.717) is 22.3 Å². The molecule has 2 aromatic carbocycles. The second kappa shape index (κ2) is 8.18. The van der Waals surface area contributed by atoms with Crippen molar-refractivity contribution in [3.63, 3.8) is 0 Å². The Morgan fingerprint density at radius 1 is 1.08 bits per heavy atom. The van der Waals surface area contributed by atoms with E-state index in [1.54, 1.807) is 22.8 Å². The van der Waals surface area contributed by atoms with Crippen molar-refractivity contribution in [3.8, 4) is 0 Å². The summed E-state index contributed by atoms with van der Waals surface area (Å²) >= 11 is 0. The van der Waals surface area contributed by atoms with Crippen molar-refractivity contribution >= 4 is 33.7 Å². The topological polar surface area (TPSA) is 64.7 Å². The van der Waals surface area contributed by atoms with E-state index in [1.165, 1.54) is 30.5 Å². The highest BCUT2D eigenvalue weighted by atomic mass is 19.4. The van der Waals surface area contributed by atoms with Crippen LogP contribution in [0, 0.1) is 5.82 Å². The first-order chi connectivity index (χ1) is 17.3. The fourth-order valence-electron chi connectivity index (χ4n) is 4.77. The molecule has 5 aromatic rings. The Bertz CT molecular complexity index is 1650. The Balaban J connectivity index is 1.39. The molecular formula is C26H19F4N5O. The van der Waals surface area contributed by atoms with Gasteiger partial charge >= 0.3 is 6.18 Å². The standard InChI is InChI=1S/C26H19F4N5O/c27-18-4-1-3-15(9-18)14-35-21-7-6-17(26(28,29)30)10-16(21)11-22(35)25(36)32-19-12-20-24(31-13-19)34-8-2-5-23(34)33-20/h1,3-4,6-7,9-13H,2,5,8,14H2,(H,32,36). The summed E-state index contributed by atoms with van der Waals surface area (Å²) in [5.41, 5.74) is 2.16. The molecule has 182 valence electrons. The van der Waals surface area contributed by atoms with E-state index >= 15 is 0 Å². The second-order valence-electron chi connectivity index (χ2n) is 8.82. The number of imidazole rings is 1. The maximum Gasteiger partial charge on any atom is 0.416 e. The first kappa shape index (κ1) is 22.3. The third-order valence-electron chi connectivity index (χ3n) is 6.39. The number of amides is 1. The molecule has 6 nitrogen and oxygen atoms in total. The number of nitrogens with one attached hydrogen (secondary N) is 1. The van der Waals surface area contributed by atoms with E-state index in [4.69, 9.17) is 0 Å². The highest BCUT2D eigenvalue weighted by Crippen LogP contribution is 2.33. The van der Waals surface area contributed by atoms with Crippen LogP contribution in [0.2, 0.25) is 0 Å². The summed E-state index contributed by atoms with van der Waals surface area (Å²) in [4.78, 5) is 22.4. The molecule has 0 aliphatic carbocycles. The summed E-state index contributed by atoms with van der Waals surface area (Å²) in [6, 6.07) is 12.3. The van der Waals surface area contributed by atoms with E-state index in [9.17, 15) is 22.4 Å². The quantitative estimate of drug-likeness (QED) is 0.322. The van der Waals surface area contributed by atoms with Crippen LogP contribution in [-0.4, -0.2) is 25.0 Å². The minimum atomic E-state index is -4.52. The van der Waals surface area contributed by atoms with Gasteiger partial charge in [0.05, 0.1) is 17.4 Å². The van der Waals surface area contributed by atoms with Crippen LogP contribution < -0.4 is 5.32 Å². The molecule has 4 heterocycles. The van der Waals surface area contributed by atoms with E-state index in [2.05, 4.69) is 19.9 Å². The molecule has 3 aromatic heterocycles. The minimum absolute atomic E-state index is 0.0976. The average Bonchev–Trinajstić information content (AvgIpc) is 3.51. The van der Waals surface area contributed by atoms with Gasteiger partial charge in [0.25, 0.3) is 5.91 Å². The van der Waals surface area contributed by atoms with Crippen molar-refractivity contribution in [2.24, 2.45) is 0 Å². The molecule has 0 unspecified atom stereocenters. The van der Waals surface area contributed by atoms with Crippen molar-refractivity contribution in [2.75, 3.05) is 5.32 Å². The van der Waals surface area contributed by atoms with Gasteiger partial charge in [-0.15, -0.1) is 0 Å². The van der Waals surface area contributed by atoms with Crippen molar-refractivity contribution in [1.82, 2.24) is 19.1 Å². The number of hydrogen-bond acceptors (Lipinski definition) is 3. The van der Waals surface area contributed by atoms with Gasteiger partial charge in [-0.25, -0.2) is 14.4 Å². The number of benzene rings is 2. The highest BCUT2D eigenvalue weighted by molar-refractivity contribution is 6.07. The molecule has 0 saturated heterocycles. The van der Waals surface area contributed by atoms with Gasteiger partial charge in [-0.1, -0.05) is 12.1 Å². The second-order valence-corrected chi connectivity index (χ2v) is 8.82. The molecule has 0 radical (unpaired) electrons. The van der Waals surface area contributed by atoms with Gasteiger partial charge in [-0.05, 0) is 54.4 Å². The lowest BCUT2D eigenvalue weighted by atomic mass is 10.1. The monoisotopic (exact) mass is 493 g/mol. The van der Waals surface area contributed by atoms with Crippen LogP contribution in [0.4, 0.5) is 23.2 Å². The predicted molar refractivity (Wildman–Crippen MR) is 126 cm³/mol. The number of carbonyl (C=O) groups excluding carboxylic acids is 1. The van der Waals surface area contributed by atoms with Crippen LogP contribution in [0.15, 0.2) is 60.8 Å². The summed E-state index contributed by atoms with van der Waals surface area (Å²) in [5, 5.41) is 3.05. The lowest BCUT2D eigenvalue weighted by Gasteiger charge is -2.12. The number of halogens is 4. The van der Waals surface area contributed by atoms with Gasteiger partial charge in [0.2, 0.25) is 0 Å². The summed E-state index contributed by atoms with van der Waals surface area (Å²) in [7, 11) is 0. The van der Waals surface area contributed by atoms with E-state index < -0.39 is 23.5 Å². The molecule has 1 N–H and O–H groups in total. The molecule has 6 rings (SSSR count). The van der Waals surface area contributed by atoms with Crippen LogP contribution in [0.1, 0.15) is 33.9 Å². The minimum Gasteiger partial charge on any atom is -0.332 e. The van der Waals surface area contributed by atoms with E-state index in [-0.39, 0.29) is 17.6 Å². The van der Waals surface area contributed by atoms with Crippen LogP contribution in [0.25, 0.3) is 22.1 Å². The molecule has 0 bridgehead atoms. The van der Waals surface area contributed by atoms with Crippen LogP contribution in [0.5, 0.6) is 0 Å². The third kappa shape index (κ3) is 3.88. The van der Waals surface area contributed by atoms with Gasteiger partial charge in [0, 0.05) is 30.4 Å². The van der Waals surface area contributed by atoms with Crippen molar-refractivity contribution in [1.29, 1.82) is 0 Å². The van der Waals surface area contributed by atoms with Gasteiger partial charge in [0.15, 0.2) is 5.65 Å². The van der Waals surface area contributed by atoms with Gasteiger partial charge < -0.3 is 14.5 Å². The van der Waals surface area contributed by atoms with Crippen molar-refractivity contribution in [2.45, 2.75) is 32.1 Å². The molecule has 0 fully saturated rings. The summed E-state index contributed by atoms with van der Waals surface area (Å²) in [5.74, 6) is -0.0126. The van der Waals surface area contributed by atoms with Crippen LogP contribution in [0.3, 0.4) is 0 Å². The molecular weight excluding hydrogens is 474 g/mol. The first-order valence-electron chi connectivity index (χ1n) is 11.4. The largest absolute Gasteiger partial charge is 0.416 e. The number of pyridine rings is 1. The van der Waals surface area contributed by atoms with Crippen molar-refractivity contribution in [3.05, 3.63) is 89.3 Å². The zero-order chi connectivity index (χ0) is 25.0. The summed E-state index contributed by atoms with van der Waals surface area (Å²) in [6.45, 7) is 0.949. The molecule has 0 atom stereocenters. The Kier molecular flexibility index (Phi) is 5.06. The molecule has 10 heteroatoms. The lowest BCUT2D eigenvalue weighted by molar-refractivity contribution is -0.137. The van der Waals surface area contributed by atoms with E-state index in [0.717, 1.165) is 43.0 Å². The number of nitrogens with zero attached hydrogens (tertiary/aromatic N) is 4. The summed E-state index contributed by atoms with van der Waals surface area (Å²) in [6.07, 6.45) is -1.09. The molecule has 1 aliphatic rings. The molecule has 0 spiro atoms. The normalized spacial score (nSPS) is 13.4.